The van der Waals surface area contributed by atoms with Gasteiger partial charge in [-0.05, 0) is 44.0 Å². The molecule has 1 heterocycles. The number of para-hydroxylation sites is 2. The minimum absolute atomic E-state index is 0.131. The van der Waals surface area contributed by atoms with Crippen molar-refractivity contribution in [2.75, 3.05) is 31.4 Å². The van der Waals surface area contributed by atoms with Crippen molar-refractivity contribution in [1.29, 1.82) is 0 Å². The molecule has 31 heavy (non-hydrogen) atoms. The molecule has 1 N–H and O–H groups in total. The lowest BCUT2D eigenvalue weighted by atomic mass is 10.1. The second-order valence-corrected chi connectivity index (χ2v) is 11.1. The number of anilines is 2. The number of nitrogens with zero attached hydrogens (tertiary/aromatic N) is 1. The standard InChI is InChI=1S/C22H22F3N2O3P/c1-31(2,29)14-6-13-30-21(28)16-7-3-4-10-18(16)27-19-11-12-26-20-15(19)8-5-9-17(20)22(23,24)25/h3-5,7-12H,6,13-14H2,1-2H3,(H,26,27). The summed E-state index contributed by atoms with van der Waals surface area (Å²) in [5, 5.41) is 3.32. The van der Waals surface area contributed by atoms with Gasteiger partial charge in [-0.2, -0.15) is 13.2 Å². The van der Waals surface area contributed by atoms with E-state index in [1.54, 1.807) is 43.7 Å². The summed E-state index contributed by atoms with van der Waals surface area (Å²) < 4.78 is 57.0. The first-order valence-electron chi connectivity index (χ1n) is 9.58. The highest BCUT2D eigenvalue weighted by molar-refractivity contribution is 7.62. The van der Waals surface area contributed by atoms with Gasteiger partial charge in [0.2, 0.25) is 0 Å². The first-order chi connectivity index (χ1) is 14.6. The molecule has 0 amide bonds. The minimum atomic E-state index is -4.53. The van der Waals surface area contributed by atoms with Gasteiger partial charge in [-0.3, -0.25) is 4.98 Å². The quantitative estimate of drug-likeness (QED) is 0.265. The van der Waals surface area contributed by atoms with E-state index in [0.717, 1.165) is 6.07 Å². The van der Waals surface area contributed by atoms with Gasteiger partial charge in [0.05, 0.1) is 36.1 Å². The molecule has 164 valence electrons. The topological polar surface area (TPSA) is 68.3 Å². The van der Waals surface area contributed by atoms with E-state index in [2.05, 4.69) is 10.3 Å². The van der Waals surface area contributed by atoms with Crippen LogP contribution in [0.4, 0.5) is 24.5 Å². The number of halogens is 3. The van der Waals surface area contributed by atoms with Crippen molar-refractivity contribution in [3.8, 4) is 0 Å². The fourth-order valence-corrected chi connectivity index (χ4v) is 4.01. The van der Waals surface area contributed by atoms with Crippen LogP contribution in [0, 0.1) is 0 Å². The summed E-state index contributed by atoms with van der Waals surface area (Å²) in [4.78, 5) is 16.4. The van der Waals surface area contributed by atoms with Crippen LogP contribution in [0.3, 0.4) is 0 Å². The zero-order chi connectivity index (χ0) is 22.6. The van der Waals surface area contributed by atoms with Gasteiger partial charge in [0, 0.05) is 23.4 Å². The highest BCUT2D eigenvalue weighted by Crippen LogP contribution is 2.37. The average molecular weight is 450 g/mol. The third kappa shape index (κ3) is 5.85. The Kier molecular flexibility index (Phi) is 6.70. The molecule has 2 aromatic carbocycles. The van der Waals surface area contributed by atoms with Crippen LogP contribution in [0.1, 0.15) is 22.3 Å². The maximum Gasteiger partial charge on any atom is 0.418 e. The number of hydrogen-bond acceptors (Lipinski definition) is 5. The van der Waals surface area contributed by atoms with Gasteiger partial charge in [0.1, 0.15) is 0 Å². The smallest absolute Gasteiger partial charge is 0.418 e. The van der Waals surface area contributed by atoms with Gasteiger partial charge in [0.25, 0.3) is 0 Å². The molecule has 9 heteroatoms. The number of esters is 1. The Morgan fingerprint density at radius 3 is 2.52 bits per heavy atom. The monoisotopic (exact) mass is 450 g/mol. The van der Waals surface area contributed by atoms with Crippen LogP contribution in [-0.4, -0.2) is 37.1 Å². The highest BCUT2D eigenvalue weighted by atomic mass is 31.2. The summed E-state index contributed by atoms with van der Waals surface area (Å²) in [5.74, 6) is -0.570. The Bertz CT molecular complexity index is 1140. The zero-order valence-electron chi connectivity index (χ0n) is 17.1. The molecule has 0 aliphatic carbocycles. The lowest BCUT2D eigenvalue weighted by Crippen LogP contribution is -2.10. The SMILES string of the molecule is CP(C)(=O)CCCOC(=O)c1ccccc1Nc1ccnc2c(C(F)(F)F)cccc12. The van der Waals surface area contributed by atoms with Crippen molar-refractivity contribution in [1.82, 2.24) is 4.98 Å². The van der Waals surface area contributed by atoms with Gasteiger partial charge in [-0.1, -0.05) is 24.3 Å². The minimum Gasteiger partial charge on any atom is -0.462 e. The van der Waals surface area contributed by atoms with Crippen molar-refractivity contribution >= 4 is 35.4 Å². The van der Waals surface area contributed by atoms with E-state index in [4.69, 9.17) is 4.74 Å². The number of rotatable bonds is 7. The zero-order valence-corrected chi connectivity index (χ0v) is 18.0. The van der Waals surface area contributed by atoms with Gasteiger partial charge in [-0.15, -0.1) is 0 Å². The lowest BCUT2D eigenvalue weighted by Gasteiger charge is -2.15. The van der Waals surface area contributed by atoms with Gasteiger partial charge in [0.15, 0.2) is 0 Å². The molecule has 3 rings (SSSR count). The van der Waals surface area contributed by atoms with Crippen LogP contribution in [0.2, 0.25) is 0 Å². The van der Waals surface area contributed by atoms with Gasteiger partial charge >= 0.3 is 12.1 Å². The third-order valence-corrected chi connectivity index (χ3v) is 5.96. The van der Waals surface area contributed by atoms with E-state index in [9.17, 15) is 22.5 Å². The van der Waals surface area contributed by atoms with E-state index in [1.165, 1.54) is 18.3 Å². The number of ether oxygens (including phenoxy) is 1. The molecule has 3 aromatic rings. The Morgan fingerprint density at radius 1 is 1.06 bits per heavy atom. The maximum atomic E-state index is 13.3. The van der Waals surface area contributed by atoms with E-state index in [1.807, 2.05) is 0 Å². The molecule has 1 aromatic heterocycles. The van der Waals surface area contributed by atoms with Gasteiger partial charge in [-0.25, -0.2) is 4.79 Å². The fourth-order valence-electron chi connectivity index (χ4n) is 3.12. The predicted molar refractivity (Wildman–Crippen MR) is 116 cm³/mol. The molecule has 0 saturated carbocycles. The number of hydrogen-bond donors (Lipinski definition) is 1. The number of alkyl halides is 3. The van der Waals surface area contributed by atoms with E-state index < -0.39 is 24.9 Å². The molecule has 5 nitrogen and oxygen atoms in total. The largest absolute Gasteiger partial charge is 0.462 e. The second kappa shape index (κ2) is 9.10. The normalized spacial score (nSPS) is 12.0. The molecule has 0 fully saturated rings. The number of carbonyl (C=O) groups excluding carboxylic acids is 1. The molecule has 0 atom stereocenters. The fraction of sp³-hybridized carbons (Fsp3) is 0.273. The summed E-state index contributed by atoms with van der Waals surface area (Å²) in [6.07, 6.45) is -2.28. The summed E-state index contributed by atoms with van der Waals surface area (Å²) in [5.41, 5.74) is 0.0213. The van der Waals surface area contributed by atoms with Crippen LogP contribution in [0.5, 0.6) is 0 Å². The molecule has 0 radical (unpaired) electrons. The van der Waals surface area contributed by atoms with Crippen LogP contribution >= 0.6 is 7.14 Å². The van der Waals surface area contributed by atoms with E-state index >= 15 is 0 Å². The lowest BCUT2D eigenvalue weighted by molar-refractivity contribution is -0.136. The first-order valence-corrected chi connectivity index (χ1v) is 12.4. The number of aromatic nitrogens is 1. The molecule has 0 bridgehead atoms. The Morgan fingerprint density at radius 2 is 1.81 bits per heavy atom. The molecule has 0 aliphatic heterocycles. The van der Waals surface area contributed by atoms with Gasteiger partial charge < -0.3 is 14.6 Å². The number of fused-ring (bicyclic) bond motifs is 1. The van der Waals surface area contributed by atoms with Crippen molar-refractivity contribution in [3.63, 3.8) is 0 Å². The Hall–Kier alpha value is -2.86. The van der Waals surface area contributed by atoms with Crippen molar-refractivity contribution in [3.05, 3.63) is 65.9 Å². The molecular formula is C22H22F3N2O3P. The molecule has 0 saturated heterocycles. The van der Waals surface area contributed by atoms with Crippen LogP contribution < -0.4 is 5.32 Å². The Balaban J connectivity index is 1.85. The summed E-state index contributed by atoms with van der Waals surface area (Å²) >= 11 is 0. The Labute approximate surface area is 178 Å². The predicted octanol–water partition coefficient (Wildman–Crippen LogP) is 6.17. The number of carbonyl (C=O) groups is 1. The van der Waals surface area contributed by atoms with Crippen molar-refractivity contribution < 1.29 is 27.3 Å². The summed E-state index contributed by atoms with van der Waals surface area (Å²) in [6.45, 7) is 3.49. The van der Waals surface area contributed by atoms with Crippen LogP contribution in [0.25, 0.3) is 10.9 Å². The number of pyridine rings is 1. The maximum absolute atomic E-state index is 13.3. The first kappa shape index (κ1) is 22.8. The molecule has 0 spiro atoms. The van der Waals surface area contributed by atoms with Crippen molar-refractivity contribution in [2.45, 2.75) is 12.6 Å². The van der Waals surface area contributed by atoms with Crippen molar-refractivity contribution in [2.24, 2.45) is 0 Å². The molecule has 0 unspecified atom stereocenters. The molecular weight excluding hydrogens is 428 g/mol. The van der Waals surface area contributed by atoms with E-state index in [0.29, 0.717) is 24.0 Å². The average Bonchev–Trinajstić information content (AvgIpc) is 2.70. The number of benzene rings is 2. The highest BCUT2D eigenvalue weighted by Gasteiger charge is 2.33. The van der Waals surface area contributed by atoms with Crippen LogP contribution in [0.15, 0.2) is 54.7 Å². The van der Waals surface area contributed by atoms with E-state index in [-0.39, 0.29) is 23.1 Å². The summed E-state index contributed by atoms with van der Waals surface area (Å²) in [7, 11) is -2.18. The second-order valence-electron chi connectivity index (χ2n) is 7.52. The molecule has 0 aliphatic rings. The number of nitrogens with one attached hydrogen (secondary N) is 1. The third-order valence-electron chi connectivity index (χ3n) is 4.57. The summed E-state index contributed by atoms with van der Waals surface area (Å²) in [6, 6.07) is 12.0. The van der Waals surface area contributed by atoms with Crippen LogP contribution in [-0.2, 0) is 15.5 Å².